The molecule has 128 valence electrons. The first-order valence-corrected chi connectivity index (χ1v) is 9.20. The van der Waals surface area contributed by atoms with E-state index < -0.39 is 0 Å². The highest BCUT2D eigenvalue weighted by Crippen LogP contribution is 2.24. The Kier molecular flexibility index (Phi) is 4.56. The topological polar surface area (TPSA) is 77.0 Å². The first kappa shape index (κ1) is 16.0. The van der Waals surface area contributed by atoms with Crippen molar-refractivity contribution in [2.24, 2.45) is 0 Å². The Bertz CT molecular complexity index is 827. The molecule has 1 amide bonds. The van der Waals surface area contributed by atoms with E-state index in [0.717, 1.165) is 35.9 Å². The molecular weight excluding hydrogens is 336 g/mol. The maximum atomic E-state index is 12.4. The second-order valence-corrected chi connectivity index (χ2v) is 7.11. The number of fused-ring (bicyclic) bond motifs is 1. The third-order valence-electron chi connectivity index (χ3n) is 4.31. The zero-order valence-corrected chi connectivity index (χ0v) is 14.4. The Morgan fingerprint density at radius 2 is 1.84 bits per heavy atom. The number of ether oxygens (including phenoxy) is 1. The zero-order chi connectivity index (χ0) is 17.1. The molecule has 0 atom stereocenters. The summed E-state index contributed by atoms with van der Waals surface area (Å²) in [5.74, 6) is -0.0861. The van der Waals surface area contributed by atoms with Gasteiger partial charge >= 0.3 is 6.01 Å². The van der Waals surface area contributed by atoms with Gasteiger partial charge in [-0.25, -0.2) is 15.0 Å². The maximum Gasteiger partial charge on any atom is 0.316 e. The molecule has 0 aliphatic heterocycles. The number of nitrogens with one attached hydrogen (secondary N) is 1. The fourth-order valence-electron chi connectivity index (χ4n) is 3.04. The van der Waals surface area contributed by atoms with Crippen LogP contribution in [0, 0.1) is 0 Å². The summed E-state index contributed by atoms with van der Waals surface area (Å²) in [5.41, 5.74) is 0.873. The molecule has 7 heteroatoms. The molecule has 6 nitrogen and oxygen atoms in total. The number of benzene rings is 1. The Morgan fingerprint density at radius 1 is 1.08 bits per heavy atom. The molecule has 0 unspecified atom stereocenters. The third-order valence-corrected chi connectivity index (χ3v) is 5.35. The van der Waals surface area contributed by atoms with Crippen molar-refractivity contribution in [1.29, 1.82) is 0 Å². The van der Waals surface area contributed by atoms with Crippen LogP contribution in [0.2, 0.25) is 0 Å². The lowest BCUT2D eigenvalue weighted by molar-refractivity contribution is 0.0885. The zero-order valence-electron chi connectivity index (χ0n) is 13.6. The summed E-state index contributed by atoms with van der Waals surface area (Å²) in [5, 5.41) is 3.63. The maximum absolute atomic E-state index is 12.4. The lowest BCUT2D eigenvalue weighted by Crippen LogP contribution is -2.39. The highest BCUT2D eigenvalue weighted by atomic mass is 32.1. The SMILES string of the molecule is O=C(NC1CCC(Oc2ncccn2)CC1)c1nc2ccccc2s1. The molecule has 4 rings (SSSR count). The minimum Gasteiger partial charge on any atom is -0.460 e. The molecule has 2 heterocycles. The monoisotopic (exact) mass is 354 g/mol. The van der Waals surface area contributed by atoms with Gasteiger partial charge in [-0.15, -0.1) is 11.3 Å². The van der Waals surface area contributed by atoms with Gasteiger partial charge in [-0.05, 0) is 43.9 Å². The summed E-state index contributed by atoms with van der Waals surface area (Å²) in [6.45, 7) is 0. The van der Waals surface area contributed by atoms with E-state index in [-0.39, 0.29) is 18.1 Å². The van der Waals surface area contributed by atoms with Crippen molar-refractivity contribution in [3.05, 3.63) is 47.7 Å². The molecule has 1 saturated carbocycles. The van der Waals surface area contributed by atoms with Crippen LogP contribution >= 0.6 is 11.3 Å². The van der Waals surface area contributed by atoms with E-state index >= 15 is 0 Å². The van der Waals surface area contributed by atoms with Gasteiger partial charge in [0.1, 0.15) is 6.10 Å². The molecule has 3 aromatic rings. The highest BCUT2D eigenvalue weighted by Gasteiger charge is 2.25. The molecule has 1 aliphatic carbocycles. The van der Waals surface area contributed by atoms with E-state index in [9.17, 15) is 4.79 Å². The van der Waals surface area contributed by atoms with Gasteiger partial charge in [0.2, 0.25) is 0 Å². The van der Waals surface area contributed by atoms with Crippen LogP contribution < -0.4 is 10.1 Å². The van der Waals surface area contributed by atoms with E-state index in [1.165, 1.54) is 11.3 Å². The van der Waals surface area contributed by atoms with Gasteiger partial charge in [-0.2, -0.15) is 0 Å². The van der Waals surface area contributed by atoms with E-state index in [4.69, 9.17) is 4.74 Å². The molecule has 1 aliphatic rings. The molecule has 1 fully saturated rings. The van der Waals surface area contributed by atoms with Crippen LogP contribution in [0.15, 0.2) is 42.7 Å². The molecule has 1 aromatic carbocycles. The van der Waals surface area contributed by atoms with Crippen LogP contribution in [0.5, 0.6) is 6.01 Å². The first-order valence-electron chi connectivity index (χ1n) is 8.38. The lowest BCUT2D eigenvalue weighted by atomic mass is 9.93. The van der Waals surface area contributed by atoms with E-state index in [1.54, 1.807) is 18.5 Å². The molecule has 0 bridgehead atoms. The van der Waals surface area contributed by atoms with Crippen LogP contribution in [0.3, 0.4) is 0 Å². The molecule has 0 spiro atoms. The molecule has 25 heavy (non-hydrogen) atoms. The number of hydrogen-bond donors (Lipinski definition) is 1. The third kappa shape index (κ3) is 3.76. The van der Waals surface area contributed by atoms with Crippen LogP contribution in [0.1, 0.15) is 35.5 Å². The fourth-order valence-corrected chi connectivity index (χ4v) is 3.91. The van der Waals surface area contributed by atoms with Crippen LogP contribution in [0.25, 0.3) is 10.2 Å². The summed E-state index contributed by atoms with van der Waals surface area (Å²) < 4.78 is 6.82. The second kappa shape index (κ2) is 7.14. The highest BCUT2D eigenvalue weighted by molar-refractivity contribution is 7.20. The van der Waals surface area contributed by atoms with Gasteiger partial charge in [0.15, 0.2) is 5.01 Å². The van der Waals surface area contributed by atoms with Crippen LogP contribution in [0.4, 0.5) is 0 Å². The Balaban J connectivity index is 1.31. The van der Waals surface area contributed by atoms with E-state index in [1.807, 2.05) is 24.3 Å². The molecular formula is C18H18N4O2S. The predicted octanol–water partition coefficient (Wildman–Crippen LogP) is 3.21. The average Bonchev–Trinajstić information content (AvgIpc) is 3.09. The Labute approximate surface area is 149 Å². The fraction of sp³-hybridized carbons (Fsp3) is 0.333. The Morgan fingerprint density at radius 3 is 2.60 bits per heavy atom. The standard InChI is InChI=1S/C18H18N4O2S/c23-16(17-22-14-4-1-2-5-15(14)25-17)21-12-6-8-13(9-7-12)24-18-19-10-3-11-20-18/h1-5,10-13H,6-9H2,(H,21,23). The van der Waals surface area contributed by atoms with E-state index in [0.29, 0.717) is 11.0 Å². The van der Waals surface area contributed by atoms with Crippen molar-refractivity contribution in [3.63, 3.8) is 0 Å². The summed E-state index contributed by atoms with van der Waals surface area (Å²) in [6.07, 6.45) is 6.98. The second-order valence-electron chi connectivity index (χ2n) is 6.08. The van der Waals surface area contributed by atoms with Crippen molar-refractivity contribution in [2.75, 3.05) is 0 Å². The number of carbonyl (C=O) groups is 1. The van der Waals surface area contributed by atoms with E-state index in [2.05, 4.69) is 20.3 Å². The summed E-state index contributed by atoms with van der Waals surface area (Å²) in [4.78, 5) is 25.0. The number of para-hydroxylation sites is 1. The summed E-state index contributed by atoms with van der Waals surface area (Å²) in [7, 11) is 0. The van der Waals surface area contributed by atoms with Crippen LogP contribution in [-0.2, 0) is 0 Å². The smallest absolute Gasteiger partial charge is 0.316 e. The normalized spacial score (nSPS) is 20.3. The van der Waals surface area contributed by atoms with Gasteiger partial charge < -0.3 is 10.1 Å². The molecule has 0 radical (unpaired) electrons. The number of nitrogens with zero attached hydrogens (tertiary/aromatic N) is 3. The number of carbonyl (C=O) groups excluding carboxylic acids is 1. The van der Waals surface area contributed by atoms with Gasteiger partial charge in [-0.1, -0.05) is 12.1 Å². The van der Waals surface area contributed by atoms with Crippen LogP contribution in [-0.4, -0.2) is 33.0 Å². The number of thiazole rings is 1. The quantitative estimate of drug-likeness (QED) is 0.778. The van der Waals surface area contributed by atoms with Gasteiger partial charge in [-0.3, -0.25) is 4.79 Å². The molecule has 0 saturated heterocycles. The number of amides is 1. The first-order chi connectivity index (χ1) is 12.3. The molecule has 2 aromatic heterocycles. The Hall–Kier alpha value is -2.54. The van der Waals surface area contributed by atoms with Gasteiger partial charge in [0.05, 0.1) is 10.2 Å². The average molecular weight is 354 g/mol. The lowest BCUT2D eigenvalue weighted by Gasteiger charge is -2.28. The number of rotatable bonds is 4. The van der Waals surface area contributed by atoms with Crippen molar-refractivity contribution < 1.29 is 9.53 Å². The van der Waals surface area contributed by atoms with Gasteiger partial charge in [0.25, 0.3) is 5.91 Å². The molecule has 1 N–H and O–H groups in total. The predicted molar refractivity (Wildman–Crippen MR) is 95.8 cm³/mol. The van der Waals surface area contributed by atoms with Crippen molar-refractivity contribution in [2.45, 2.75) is 37.8 Å². The minimum absolute atomic E-state index is 0.0861. The van der Waals surface area contributed by atoms with Crippen molar-refractivity contribution in [3.8, 4) is 6.01 Å². The van der Waals surface area contributed by atoms with Crippen molar-refractivity contribution >= 4 is 27.5 Å². The largest absolute Gasteiger partial charge is 0.460 e. The summed E-state index contributed by atoms with van der Waals surface area (Å²) >= 11 is 1.43. The number of aromatic nitrogens is 3. The van der Waals surface area contributed by atoms with Gasteiger partial charge in [0, 0.05) is 18.4 Å². The minimum atomic E-state index is -0.0861. The number of hydrogen-bond acceptors (Lipinski definition) is 6. The summed E-state index contributed by atoms with van der Waals surface area (Å²) in [6, 6.07) is 10.2. The van der Waals surface area contributed by atoms with Crippen molar-refractivity contribution in [1.82, 2.24) is 20.3 Å².